The average molecular weight is 354 g/mol. The highest BCUT2D eigenvalue weighted by Gasteiger charge is 2.20. The van der Waals surface area contributed by atoms with E-state index < -0.39 is 5.82 Å². The van der Waals surface area contributed by atoms with Gasteiger partial charge in [0.15, 0.2) is 11.6 Å². The van der Waals surface area contributed by atoms with E-state index in [1.807, 2.05) is 6.07 Å². The number of halogens is 1. The summed E-state index contributed by atoms with van der Waals surface area (Å²) < 4.78 is 20.4. The van der Waals surface area contributed by atoms with Crippen LogP contribution < -0.4 is 20.9 Å². The number of methoxy groups -OCH3 is 1. The van der Waals surface area contributed by atoms with Crippen molar-refractivity contribution in [2.24, 2.45) is 5.73 Å². The molecule has 3 aromatic rings. The molecule has 2 aromatic heterocycles. The van der Waals surface area contributed by atoms with E-state index in [0.717, 1.165) is 25.2 Å². The van der Waals surface area contributed by atoms with Crippen molar-refractivity contribution in [1.29, 1.82) is 0 Å². The standard InChI is InChI=1S/C19H19FN4O2/c1-26-17-4-2-12(8-15(17)20)16-9-19(25)24-11-14(3-5-18(24)22-16)23-7-6-13(21)10-23/h2-5,8-9,11,13H,6-7,10,21H2,1H3/t13-/m0/s1. The molecule has 0 amide bonds. The fourth-order valence-electron chi connectivity index (χ4n) is 3.27. The highest BCUT2D eigenvalue weighted by Crippen LogP contribution is 2.25. The zero-order valence-corrected chi connectivity index (χ0v) is 14.4. The lowest BCUT2D eigenvalue weighted by molar-refractivity contribution is 0.386. The van der Waals surface area contributed by atoms with Crippen LogP contribution in [0.3, 0.4) is 0 Å². The fraction of sp³-hybridized carbons (Fsp3) is 0.263. The summed E-state index contributed by atoms with van der Waals surface area (Å²) in [5.74, 6) is -0.340. The summed E-state index contributed by atoms with van der Waals surface area (Å²) in [6, 6.07) is 9.81. The Morgan fingerprint density at radius 3 is 2.81 bits per heavy atom. The van der Waals surface area contributed by atoms with Crippen molar-refractivity contribution in [2.45, 2.75) is 12.5 Å². The zero-order chi connectivity index (χ0) is 18.3. The molecule has 134 valence electrons. The Morgan fingerprint density at radius 2 is 2.12 bits per heavy atom. The quantitative estimate of drug-likeness (QED) is 0.779. The van der Waals surface area contributed by atoms with Gasteiger partial charge in [0.1, 0.15) is 5.65 Å². The van der Waals surface area contributed by atoms with Gasteiger partial charge in [-0.15, -0.1) is 0 Å². The first kappa shape index (κ1) is 16.5. The van der Waals surface area contributed by atoms with Gasteiger partial charge in [-0.2, -0.15) is 0 Å². The van der Waals surface area contributed by atoms with Crippen LogP contribution in [0.25, 0.3) is 16.9 Å². The first-order valence-electron chi connectivity index (χ1n) is 8.43. The molecule has 0 unspecified atom stereocenters. The monoisotopic (exact) mass is 354 g/mol. The molecule has 1 aliphatic heterocycles. The van der Waals surface area contributed by atoms with Crippen molar-refractivity contribution < 1.29 is 9.13 Å². The van der Waals surface area contributed by atoms with E-state index >= 15 is 0 Å². The predicted octanol–water partition coefficient (Wildman–Crippen LogP) is 2.05. The third-order valence-electron chi connectivity index (χ3n) is 4.68. The van der Waals surface area contributed by atoms with E-state index in [-0.39, 0.29) is 17.4 Å². The van der Waals surface area contributed by atoms with Crippen molar-refractivity contribution in [2.75, 3.05) is 25.1 Å². The number of rotatable bonds is 3. The maximum atomic E-state index is 14.0. The highest BCUT2D eigenvalue weighted by atomic mass is 19.1. The van der Waals surface area contributed by atoms with Gasteiger partial charge < -0.3 is 15.4 Å². The van der Waals surface area contributed by atoms with E-state index in [1.54, 1.807) is 18.3 Å². The number of nitrogens with two attached hydrogens (primary N) is 1. The van der Waals surface area contributed by atoms with Crippen LogP contribution in [0.1, 0.15) is 6.42 Å². The minimum atomic E-state index is -0.493. The van der Waals surface area contributed by atoms with Crippen molar-refractivity contribution in [3.05, 3.63) is 58.8 Å². The van der Waals surface area contributed by atoms with Gasteiger partial charge in [0.05, 0.1) is 18.5 Å². The third kappa shape index (κ3) is 2.90. The van der Waals surface area contributed by atoms with Gasteiger partial charge in [-0.05, 0) is 36.8 Å². The summed E-state index contributed by atoms with van der Waals surface area (Å²) in [6.07, 6.45) is 2.72. The maximum Gasteiger partial charge on any atom is 0.258 e. The average Bonchev–Trinajstić information content (AvgIpc) is 3.07. The maximum absolute atomic E-state index is 14.0. The number of fused-ring (bicyclic) bond motifs is 1. The number of ether oxygens (including phenoxy) is 1. The molecule has 1 atom stereocenters. The van der Waals surface area contributed by atoms with Crippen LogP contribution in [0, 0.1) is 5.82 Å². The molecular weight excluding hydrogens is 335 g/mol. The van der Waals surface area contributed by atoms with Gasteiger partial charge >= 0.3 is 0 Å². The molecule has 0 radical (unpaired) electrons. The van der Waals surface area contributed by atoms with Crippen LogP contribution >= 0.6 is 0 Å². The summed E-state index contributed by atoms with van der Waals surface area (Å²) in [4.78, 5) is 19.2. The van der Waals surface area contributed by atoms with Crippen LogP contribution in [0.2, 0.25) is 0 Å². The molecule has 2 N–H and O–H groups in total. The molecule has 1 aromatic carbocycles. The minimum absolute atomic E-state index is 0.153. The summed E-state index contributed by atoms with van der Waals surface area (Å²) in [5.41, 5.74) is 8.15. The summed E-state index contributed by atoms with van der Waals surface area (Å²) in [7, 11) is 1.41. The molecule has 0 spiro atoms. The van der Waals surface area contributed by atoms with E-state index in [4.69, 9.17) is 10.5 Å². The van der Waals surface area contributed by atoms with Gasteiger partial charge in [-0.1, -0.05) is 0 Å². The highest BCUT2D eigenvalue weighted by molar-refractivity contribution is 5.63. The lowest BCUT2D eigenvalue weighted by Crippen LogP contribution is -2.27. The number of nitrogens with zero attached hydrogens (tertiary/aromatic N) is 3. The Labute approximate surface area is 149 Å². The molecule has 3 heterocycles. The van der Waals surface area contributed by atoms with Crippen LogP contribution in [0.4, 0.5) is 10.1 Å². The topological polar surface area (TPSA) is 72.9 Å². The van der Waals surface area contributed by atoms with Crippen LogP contribution in [-0.4, -0.2) is 35.6 Å². The van der Waals surface area contributed by atoms with Crippen LogP contribution in [-0.2, 0) is 0 Å². The lowest BCUT2D eigenvalue weighted by atomic mass is 10.1. The molecule has 1 aliphatic rings. The Bertz CT molecular complexity index is 1030. The molecule has 0 saturated carbocycles. The molecule has 1 fully saturated rings. The van der Waals surface area contributed by atoms with Gasteiger partial charge in [-0.3, -0.25) is 9.20 Å². The Balaban J connectivity index is 1.75. The normalized spacial score (nSPS) is 17.0. The van der Waals surface area contributed by atoms with E-state index in [0.29, 0.717) is 16.9 Å². The third-order valence-corrected chi connectivity index (χ3v) is 4.68. The summed E-state index contributed by atoms with van der Waals surface area (Å²) in [5, 5.41) is 0. The van der Waals surface area contributed by atoms with Gasteiger partial charge in [-0.25, -0.2) is 9.37 Å². The number of hydrogen-bond acceptors (Lipinski definition) is 5. The smallest absolute Gasteiger partial charge is 0.258 e. The molecule has 4 rings (SSSR count). The first-order valence-corrected chi connectivity index (χ1v) is 8.43. The molecule has 7 heteroatoms. The van der Waals surface area contributed by atoms with Crippen LogP contribution in [0.5, 0.6) is 5.75 Å². The van der Waals surface area contributed by atoms with Crippen molar-refractivity contribution >= 4 is 11.3 Å². The lowest BCUT2D eigenvalue weighted by Gasteiger charge is -2.18. The number of hydrogen-bond donors (Lipinski definition) is 1. The van der Waals surface area contributed by atoms with Gasteiger partial charge in [0.25, 0.3) is 5.56 Å². The molecule has 1 saturated heterocycles. The number of pyridine rings is 1. The second-order valence-corrected chi connectivity index (χ2v) is 6.44. The molecule has 26 heavy (non-hydrogen) atoms. The number of aromatic nitrogens is 2. The second-order valence-electron chi connectivity index (χ2n) is 6.44. The van der Waals surface area contributed by atoms with E-state index in [2.05, 4.69) is 9.88 Å². The van der Waals surface area contributed by atoms with E-state index in [9.17, 15) is 9.18 Å². The largest absolute Gasteiger partial charge is 0.494 e. The van der Waals surface area contributed by atoms with E-state index in [1.165, 1.54) is 29.7 Å². The number of benzene rings is 1. The first-order chi connectivity index (χ1) is 12.5. The van der Waals surface area contributed by atoms with Gasteiger partial charge in [0, 0.05) is 37.0 Å². The Morgan fingerprint density at radius 1 is 1.27 bits per heavy atom. The summed E-state index contributed by atoms with van der Waals surface area (Å²) >= 11 is 0. The Kier molecular flexibility index (Phi) is 4.08. The predicted molar refractivity (Wildman–Crippen MR) is 98.2 cm³/mol. The Hall–Kier alpha value is -2.93. The van der Waals surface area contributed by atoms with Crippen LogP contribution in [0.15, 0.2) is 47.4 Å². The van der Waals surface area contributed by atoms with Crippen molar-refractivity contribution in [3.8, 4) is 17.0 Å². The SMILES string of the molecule is COc1ccc(-c2cc(=O)n3cc(N4CC[C@H](N)C4)ccc3n2)cc1F. The minimum Gasteiger partial charge on any atom is -0.494 e. The molecular formula is C19H19FN4O2. The van der Waals surface area contributed by atoms with Crippen molar-refractivity contribution in [3.63, 3.8) is 0 Å². The zero-order valence-electron chi connectivity index (χ0n) is 14.4. The molecule has 0 bridgehead atoms. The summed E-state index contributed by atoms with van der Waals surface area (Å²) in [6.45, 7) is 1.65. The number of anilines is 1. The second kappa shape index (κ2) is 6.42. The van der Waals surface area contributed by atoms with Crippen molar-refractivity contribution in [1.82, 2.24) is 9.38 Å². The fourth-order valence-corrected chi connectivity index (χ4v) is 3.27. The van der Waals surface area contributed by atoms with Gasteiger partial charge in [0.2, 0.25) is 0 Å². The molecule has 6 nitrogen and oxygen atoms in total. The molecule has 0 aliphatic carbocycles.